The highest BCUT2D eigenvalue weighted by Crippen LogP contribution is 2.31. The predicted octanol–water partition coefficient (Wildman–Crippen LogP) is 2.40. The van der Waals surface area contributed by atoms with E-state index in [1.54, 1.807) is 0 Å². The van der Waals surface area contributed by atoms with E-state index in [0.717, 1.165) is 23.0 Å². The summed E-state index contributed by atoms with van der Waals surface area (Å²) in [6, 6.07) is 10.3. The van der Waals surface area contributed by atoms with Crippen molar-refractivity contribution in [3.05, 3.63) is 76.7 Å². The van der Waals surface area contributed by atoms with Crippen molar-refractivity contribution in [3.8, 4) is 5.69 Å². The summed E-state index contributed by atoms with van der Waals surface area (Å²) in [6.45, 7) is -3.87. The van der Waals surface area contributed by atoms with Gasteiger partial charge in [-0.1, -0.05) is 17.7 Å². The molecule has 3 aromatic rings. The maximum absolute atomic E-state index is 13.9. The minimum Gasteiger partial charge on any atom is -0.395 e. The van der Waals surface area contributed by atoms with E-state index in [9.17, 15) is 37.4 Å². The number of alkyl halides is 3. The lowest BCUT2D eigenvalue weighted by Crippen LogP contribution is -2.60. The number of hydrogen-bond acceptors (Lipinski definition) is 6. The monoisotopic (exact) mass is 543 g/mol. The van der Waals surface area contributed by atoms with E-state index in [1.807, 2.05) is 5.32 Å². The fourth-order valence-corrected chi connectivity index (χ4v) is 3.57. The molecule has 0 saturated heterocycles. The van der Waals surface area contributed by atoms with Crippen molar-refractivity contribution < 1.29 is 37.4 Å². The number of carbonyl (C=O) groups excluding carboxylic acids is 2. The number of nitrogen functional groups attached to an aromatic ring is 1. The molecule has 9 nitrogen and oxygen atoms in total. The molecule has 0 saturated carbocycles. The van der Waals surface area contributed by atoms with Crippen LogP contribution < -0.4 is 11.1 Å². The van der Waals surface area contributed by atoms with Crippen LogP contribution in [0, 0.1) is 5.82 Å². The minimum atomic E-state index is -5.29. The average Bonchev–Trinajstić information content (AvgIpc) is 3.23. The Morgan fingerprint density at radius 1 is 1.16 bits per heavy atom. The average molecular weight is 544 g/mol. The first kappa shape index (κ1) is 27.9. The number of benzene rings is 2. The summed E-state index contributed by atoms with van der Waals surface area (Å²) in [6.07, 6.45) is -4.28. The van der Waals surface area contributed by atoms with E-state index in [1.165, 1.54) is 36.4 Å². The van der Waals surface area contributed by atoms with Gasteiger partial charge in [-0.2, -0.15) is 18.3 Å². The Bertz CT molecular complexity index is 1270. The lowest BCUT2D eigenvalue weighted by molar-refractivity contribution is -0.260. The summed E-state index contributed by atoms with van der Waals surface area (Å²) >= 11 is 5.85. The summed E-state index contributed by atoms with van der Waals surface area (Å²) in [5, 5.41) is 25.9. The standard InChI is InChI=1S/C23H22ClF4N5O4/c24-15-3-1-2-14(10-15)21(36)32(8-9-34)13-22(37,23(26,27)28)12-30-20(35)18-11-31-33(19(18)29)17-6-4-16(25)5-7-17/h1-7,10-11,34,37H,8-9,12-13,29H2,(H,30,35). The molecule has 0 fully saturated rings. The predicted molar refractivity (Wildman–Crippen MR) is 126 cm³/mol. The molecule has 5 N–H and O–H groups in total. The SMILES string of the molecule is Nc1c(C(=O)NCC(O)(CN(CCO)C(=O)c2cccc(Cl)c2)C(F)(F)F)cnn1-c1ccc(F)cc1. The summed E-state index contributed by atoms with van der Waals surface area (Å²) in [7, 11) is 0. The van der Waals surface area contributed by atoms with Crippen molar-refractivity contribution in [3.63, 3.8) is 0 Å². The lowest BCUT2D eigenvalue weighted by Gasteiger charge is -2.35. The van der Waals surface area contributed by atoms with Crippen LogP contribution in [0.5, 0.6) is 0 Å². The van der Waals surface area contributed by atoms with E-state index < -0.39 is 55.7 Å². The maximum atomic E-state index is 13.9. The van der Waals surface area contributed by atoms with Crippen LogP contribution in [0.15, 0.2) is 54.7 Å². The molecule has 1 heterocycles. The van der Waals surface area contributed by atoms with E-state index in [0.29, 0.717) is 10.6 Å². The van der Waals surface area contributed by atoms with Gasteiger partial charge < -0.3 is 26.2 Å². The molecule has 198 valence electrons. The first-order valence-corrected chi connectivity index (χ1v) is 11.1. The smallest absolute Gasteiger partial charge is 0.395 e. The molecule has 14 heteroatoms. The highest BCUT2D eigenvalue weighted by atomic mass is 35.5. The molecule has 3 rings (SSSR count). The van der Waals surface area contributed by atoms with Crippen LogP contribution >= 0.6 is 11.6 Å². The molecule has 0 aliphatic rings. The van der Waals surface area contributed by atoms with Crippen LogP contribution in [0.2, 0.25) is 5.02 Å². The van der Waals surface area contributed by atoms with Crippen molar-refractivity contribution in [2.75, 3.05) is 32.0 Å². The zero-order valence-electron chi connectivity index (χ0n) is 19.0. The van der Waals surface area contributed by atoms with Gasteiger partial charge in [-0.25, -0.2) is 9.07 Å². The number of hydrogen-bond donors (Lipinski definition) is 4. The molecule has 2 amide bonds. The van der Waals surface area contributed by atoms with Crippen LogP contribution in [0.25, 0.3) is 5.69 Å². The van der Waals surface area contributed by atoms with E-state index >= 15 is 0 Å². The number of amides is 2. The van der Waals surface area contributed by atoms with Crippen molar-refractivity contribution in [1.82, 2.24) is 20.0 Å². The number of halogens is 5. The fraction of sp³-hybridized carbons (Fsp3) is 0.261. The fourth-order valence-electron chi connectivity index (χ4n) is 3.38. The molecule has 0 spiro atoms. The topological polar surface area (TPSA) is 134 Å². The van der Waals surface area contributed by atoms with Crippen molar-refractivity contribution in [2.45, 2.75) is 11.8 Å². The molecular weight excluding hydrogens is 522 g/mol. The number of aliphatic hydroxyl groups excluding tert-OH is 1. The van der Waals surface area contributed by atoms with E-state index in [2.05, 4.69) is 5.10 Å². The molecule has 1 atom stereocenters. The third-order valence-corrected chi connectivity index (χ3v) is 5.61. The third-order valence-electron chi connectivity index (χ3n) is 5.37. The van der Waals surface area contributed by atoms with Gasteiger partial charge >= 0.3 is 6.18 Å². The Morgan fingerprint density at radius 2 is 1.84 bits per heavy atom. The van der Waals surface area contributed by atoms with Crippen LogP contribution in [0.4, 0.5) is 23.4 Å². The van der Waals surface area contributed by atoms with Gasteiger partial charge in [0.25, 0.3) is 11.8 Å². The normalized spacial score (nSPS) is 13.2. The zero-order chi connectivity index (χ0) is 27.4. The largest absolute Gasteiger partial charge is 0.420 e. The van der Waals surface area contributed by atoms with Gasteiger partial charge in [0.2, 0.25) is 0 Å². The molecule has 1 unspecified atom stereocenters. The van der Waals surface area contributed by atoms with E-state index in [-0.39, 0.29) is 22.0 Å². The van der Waals surface area contributed by atoms with Crippen LogP contribution in [0.3, 0.4) is 0 Å². The molecule has 1 aromatic heterocycles. The number of aliphatic hydroxyl groups is 2. The number of rotatable bonds is 9. The summed E-state index contributed by atoms with van der Waals surface area (Å²) in [5.74, 6) is -2.76. The van der Waals surface area contributed by atoms with Gasteiger partial charge in [0, 0.05) is 17.1 Å². The molecule has 0 bridgehead atoms. The zero-order valence-corrected chi connectivity index (χ0v) is 19.8. The summed E-state index contributed by atoms with van der Waals surface area (Å²) < 4.78 is 56.0. The van der Waals surface area contributed by atoms with Gasteiger partial charge in [0.05, 0.1) is 31.6 Å². The number of aromatic nitrogens is 2. The maximum Gasteiger partial charge on any atom is 0.420 e. The second-order valence-corrected chi connectivity index (χ2v) is 8.44. The Labute approximate surface area is 213 Å². The number of nitrogens with two attached hydrogens (primary N) is 1. The number of carbonyl (C=O) groups is 2. The molecule has 0 radical (unpaired) electrons. The van der Waals surface area contributed by atoms with Gasteiger partial charge in [0.1, 0.15) is 17.2 Å². The second kappa shape index (κ2) is 11.2. The van der Waals surface area contributed by atoms with Gasteiger partial charge in [0.15, 0.2) is 5.60 Å². The molecule has 0 aliphatic carbocycles. The highest BCUT2D eigenvalue weighted by molar-refractivity contribution is 6.30. The Morgan fingerprint density at radius 3 is 2.43 bits per heavy atom. The Hall–Kier alpha value is -3.68. The van der Waals surface area contributed by atoms with Gasteiger partial charge in [-0.3, -0.25) is 9.59 Å². The Kier molecular flexibility index (Phi) is 8.41. The number of nitrogens with one attached hydrogen (secondary N) is 1. The van der Waals surface area contributed by atoms with Crippen molar-refractivity contribution >= 4 is 29.2 Å². The van der Waals surface area contributed by atoms with Crippen molar-refractivity contribution in [1.29, 1.82) is 0 Å². The molecule has 37 heavy (non-hydrogen) atoms. The van der Waals surface area contributed by atoms with E-state index in [4.69, 9.17) is 17.3 Å². The number of anilines is 1. The van der Waals surface area contributed by atoms with Crippen molar-refractivity contribution in [2.24, 2.45) is 0 Å². The first-order valence-electron chi connectivity index (χ1n) is 10.7. The quantitative estimate of drug-likeness (QED) is 0.306. The Balaban J connectivity index is 1.80. The molecule has 2 aromatic carbocycles. The molecule has 0 aliphatic heterocycles. The third kappa shape index (κ3) is 6.37. The lowest BCUT2D eigenvalue weighted by atomic mass is 10.0. The van der Waals surface area contributed by atoms with Crippen LogP contribution in [-0.2, 0) is 0 Å². The highest BCUT2D eigenvalue weighted by Gasteiger charge is 2.55. The second-order valence-electron chi connectivity index (χ2n) is 8.00. The summed E-state index contributed by atoms with van der Waals surface area (Å²) in [4.78, 5) is 26.0. The number of nitrogens with zero attached hydrogens (tertiary/aromatic N) is 3. The van der Waals surface area contributed by atoms with Gasteiger partial charge in [-0.15, -0.1) is 0 Å². The van der Waals surface area contributed by atoms with Crippen LogP contribution in [-0.4, -0.2) is 74.7 Å². The van der Waals surface area contributed by atoms with Gasteiger partial charge in [-0.05, 0) is 42.5 Å². The summed E-state index contributed by atoms with van der Waals surface area (Å²) in [5.41, 5.74) is 2.26. The first-order chi connectivity index (χ1) is 17.4. The van der Waals surface area contributed by atoms with Crippen LogP contribution in [0.1, 0.15) is 20.7 Å². The molecular formula is C23H22ClF4N5O4. The minimum absolute atomic E-state index is 0.0597.